The van der Waals surface area contributed by atoms with Crippen molar-refractivity contribution in [2.45, 2.75) is 6.42 Å². The van der Waals surface area contributed by atoms with E-state index in [0.717, 1.165) is 22.8 Å². The zero-order chi connectivity index (χ0) is 14.2. The summed E-state index contributed by atoms with van der Waals surface area (Å²) >= 11 is 3.24. The van der Waals surface area contributed by atoms with Crippen molar-refractivity contribution in [3.05, 3.63) is 29.3 Å². The number of thiophene rings is 1. The number of amides is 1. The van der Waals surface area contributed by atoms with Crippen LogP contribution in [-0.2, 0) is 0 Å². The van der Waals surface area contributed by atoms with Gasteiger partial charge < -0.3 is 14.9 Å². The van der Waals surface area contributed by atoms with Crippen molar-refractivity contribution >= 4 is 29.0 Å². The monoisotopic (exact) mass is 312 g/mol. The highest BCUT2D eigenvalue weighted by Crippen LogP contribution is 2.24. The Kier molecular flexibility index (Phi) is 6.10. The van der Waals surface area contributed by atoms with Gasteiger partial charge in [-0.05, 0) is 23.6 Å². The SMILES string of the molecule is O=C(NCCSCCCO)c1cc(-c2cccs2)on1. The molecule has 108 valence electrons. The largest absolute Gasteiger partial charge is 0.396 e. The first-order chi connectivity index (χ1) is 9.81. The van der Waals surface area contributed by atoms with Gasteiger partial charge in [0.1, 0.15) is 0 Å². The fraction of sp³-hybridized carbons (Fsp3) is 0.385. The summed E-state index contributed by atoms with van der Waals surface area (Å²) in [4.78, 5) is 12.8. The first kappa shape index (κ1) is 15.1. The minimum Gasteiger partial charge on any atom is -0.396 e. The van der Waals surface area contributed by atoms with Gasteiger partial charge in [0.05, 0.1) is 4.88 Å². The Bertz CT molecular complexity index is 525. The molecule has 0 saturated heterocycles. The molecule has 0 atom stereocenters. The molecule has 0 unspecified atom stereocenters. The maximum Gasteiger partial charge on any atom is 0.273 e. The summed E-state index contributed by atoms with van der Waals surface area (Å²) in [5.74, 6) is 2.11. The molecule has 1 amide bonds. The van der Waals surface area contributed by atoms with E-state index in [-0.39, 0.29) is 12.5 Å². The molecule has 2 aromatic heterocycles. The Hall–Kier alpha value is -1.31. The Balaban J connectivity index is 1.76. The van der Waals surface area contributed by atoms with Crippen LogP contribution < -0.4 is 5.32 Å². The van der Waals surface area contributed by atoms with E-state index < -0.39 is 0 Å². The molecule has 20 heavy (non-hydrogen) atoms. The van der Waals surface area contributed by atoms with Crippen molar-refractivity contribution in [2.24, 2.45) is 0 Å². The molecule has 0 bridgehead atoms. The van der Waals surface area contributed by atoms with Crippen LogP contribution in [0.2, 0.25) is 0 Å². The van der Waals surface area contributed by atoms with Crippen molar-refractivity contribution in [3.8, 4) is 10.6 Å². The summed E-state index contributed by atoms with van der Waals surface area (Å²) in [7, 11) is 0. The highest BCUT2D eigenvalue weighted by atomic mass is 32.2. The van der Waals surface area contributed by atoms with Gasteiger partial charge in [-0.1, -0.05) is 11.2 Å². The molecule has 2 aromatic rings. The first-order valence-electron chi connectivity index (χ1n) is 6.28. The summed E-state index contributed by atoms with van der Waals surface area (Å²) in [5.41, 5.74) is 0.300. The number of aliphatic hydroxyl groups is 1. The van der Waals surface area contributed by atoms with Crippen LogP contribution in [0.4, 0.5) is 0 Å². The average Bonchev–Trinajstić information content (AvgIpc) is 3.12. The second-order valence-electron chi connectivity index (χ2n) is 4.00. The summed E-state index contributed by atoms with van der Waals surface area (Å²) in [6.45, 7) is 0.792. The van der Waals surface area contributed by atoms with Gasteiger partial charge in [0, 0.05) is 25.0 Å². The molecule has 0 aliphatic heterocycles. The molecule has 0 fully saturated rings. The normalized spacial score (nSPS) is 10.7. The van der Waals surface area contributed by atoms with Gasteiger partial charge in [0.25, 0.3) is 5.91 Å². The molecular formula is C13H16N2O3S2. The minimum absolute atomic E-state index is 0.212. The predicted molar refractivity (Wildman–Crippen MR) is 81.2 cm³/mol. The fourth-order valence-electron chi connectivity index (χ4n) is 1.51. The van der Waals surface area contributed by atoms with Crippen LogP contribution in [0.1, 0.15) is 16.9 Å². The van der Waals surface area contributed by atoms with Gasteiger partial charge in [-0.25, -0.2) is 0 Å². The van der Waals surface area contributed by atoms with E-state index in [0.29, 0.717) is 18.0 Å². The van der Waals surface area contributed by atoms with Crippen molar-refractivity contribution < 1.29 is 14.4 Å². The first-order valence-corrected chi connectivity index (χ1v) is 8.32. The van der Waals surface area contributed by atoms with E-state index in [1.54, 1.807) is 29.2 Å². The molecule has 0 aromatic carbocycles. The quantitative estimate of drug-likeness (QED) is 0.731. The van der Waals surface area contributed by atoms with Gasteiger partial charge in [0.15, 0.2) is 11.5 Å². The Morgan fingerprint density at radius 1 is 1.50 bits per heavy atom. The fourth-order valence-corrected chi connectivity index (χ4v) is 2.97. The van der Waals surface area contributed by atoms with E-state index in [4.69, 9.17) is 9.63 Å². The zero-order valence-corrected chi connectivity index (χ0v) is 12.5. The topological polar surface area (TPSA) is 75.4 Å². The van der Waals surface area contributed by atoms with E-state index in [9.17, 15) is 4.79 Å². The predicted octanol–water partition coefficient (Wildman–Crippen LogP) is 2.25. The average molecular weight is 312 g/mol. The molecule has 5 nitrogen and oxygen atoms in total. The highest BCUT2D eigenvalue weighted by Gasteiger charge is 2.13. The van der Waals surface area contributed by atoms with Gasteiger partial charge in [-0.3, -0.25) is 4.79 Å². The lowest BCUT2D eigenvalue weighted by Crippen LogP contribution is -2.26. The number of carbonyl (C=O) groups is 1. The molecular weight excluding hydrogens is 296 g/mol. The van der Waals surface area contributed by atoms with E-state index in [1.807, 2.05) is 17.5 Å². The van der Waals surface area contributed by atoms with Crippen LogP contribution in [0.15, 0.2) is 28.1 Å². The van der Waals surface area contributed by atoms with E-state index in [1.165, 1.54) is 0 Å². The lowest BCUT2D eigenvalue weighted by Gasteiger charge is -2.02. The van der Waals surface area contributed by atoms with Crippen molar-refractivity contribution in [1.82, 2.24) is 10.5 Å². The zero-order valence-electron chi connectivity index (χ0n) is 10.9. The number of rotatable bonds is 8. The number of thioether (sulfide) groups is 1. The second-order valence-corrected chi connectivity index (χ2v) is 6.17. The van der Waals surface area contributed by atoms with Crippen LogP contribution in [0.3, 0.4) is 0 Å². The molecule has 0 aliphatic carbocycles. The Labute approximate surface area is 125 Å². The molecule has 0 aliphatic rings. The van der Waals surface area contributed by atoms with Gasteiger partial charge >= 0.3 is 0 Å². The third-order valence-electron chi connectivity index (χ3n) is 2.49. The minimum atomic E-state index is -0.223. The molecule has 2 rings (SSSR count). The Morgan fingerprint density at radius 2 is 2.40 bits per heavy atom. The van der Waals surface area contributed by atoms with E-state index in [2.05, 4.69) is 10.5 Å². The number of aromatic nitrogens is 1. The second kappa shape index (κ2) is 8.08. The Morgan fingerprint density at radius 3 is 3.15 bits per heavy atom. The lowest BCUT2D eigenvalue weighted by molar-refractivity contribution is 0.0947. The highest BCUT2D eigenvalue weighted by molar-refractivity contribution is 7.99. The van der Waals surface area contributed by atoms with Crippen LogP contribution in [0.25, 0.3) is 10.6 Å². The molecule has 2 heterocycles. The van der Waals surface area contributed by atoms with Gasteiger partial charge in [-0.2, -0.15) is 11.8 Å². The van der Waals surface area contributed by atoms with E-state index >= 15 is 0 Å². The molecule has 0 spiro atoms. The van der Waals surface area contributed by atoms with Crippen LogP contribution in [0, 0.1) is 0 Å². The number of aliphatic hydroxyl groups excluding tert-OH is 1. The lowest BCUT2D eigenvalue weighted by atomic mass is 10.3. The third-order valence-corrected chi connectivity index (χ3v) is 4.44. The number of nitrogens with one attached hydrogen (secondary N) is 1. The van der Waals surface area contributed by atoms with Crippen molar-refractivity contribution in [1.29, 1.82) is 0 Å². The molecule has 0 radical (unpaired) electrons. The van der Waals surface area contributed by atoms with Crippen molar-refractivity contribution in [2.75, 3.05) is 24.7 Å². The molecule has 0 saturated carbocycles. The van der Waals surface area contributed by atoms with Gasteiger partial charge in [0.2, 0.25) is 0 Å². The maximum absolute atomic E-state index is 11.8. The molecule has 7 heteroatoms. The number of carbonyl (C=O) groups excluding carboxylic acids is 1. The van der Waals surface area contributed by atoms with Crippen LogP contribution >= 0.6 is 23.1 Å². The van der Waals surface area contributed by atoms with Gasteiger partial charge in [-0.15, -0.1) is 11.3 Å². The summed E-state index contributed by atoms with van der Waals surface area (Å²) in [5, 5.41) is 17.2. The maximum atomic E-state index is 11.8. The smallest absolute Gasteiger partial charge is 0.273 e. The third kappa shape index (κ3) is 4.36. The number of nitrogens with zero attached hydrogens (tertiary/aromatic N) is 1. The number of hydrogen-bond donors (Lipinski definition) is 2. The van der Waals surface area contributed by atoms with Crippen molar-refractivity contribution in [3.63, 3.8) is 0 Å². The van der Waals surface area contributed by atoms with Crippen LogP contribution in [-0.4, -0.2) is 40.8 Å². The summed E-state index contributed by atoms with van der Waals surface area (Å²) in [6, 6.07) is 5.50. The molecule has 2 N–H and O–H groups in total. The standard InChI is InChI=1S/C13H16N2O3S2/c16-5-2-6-19-8-4-14-13(17)10-9-11(18-15-10)12-3-1-7-20-12/h1,3,7,9,16H,2,4-6,8H2,(H,14,17). The van der Waals surface area contributed by atoms with Crippen LogP contribution in [0.5, 0.6) is 0 Å². The number of hydrogen-bond acceptors (Lipinski definition) is 6. The summed E-state index contributed by atoms with van der Waals surface area (Å²) < 4.78 is 5.16. The summed E-state index contributed by atoms with van der Waals surface area (Å²) in [6.07, 6.45) is 0.784.